The van der Waals surface area contributed by atoms with Gasteiger partial charge in [0.05, 0.1) is 11.2 Å². The van der Waals surface area contributed by atoms with Gasteiger partial charge in [-0.15, -0.1) is 0 Å². The summed E-state index contributed by atoms with van der Waals surface area (Å²) in [7, 11) is 0. The predicted molar refractivity (Wildman–Crippen MR) is 90.3 cm³/mol. The summed E-state index contributed by atoms with van der Waals surface area (Å²) in [5.74, 6) is -0.1000. The summed E-state index contributed by atoms with van der Waals surface area (Å²) in [6.07, 6.45) is 0. The average Bonchev–Trinajstić information content (AvgIpc) is 2.50. The lowest BCUT2D eigenvalue weighted by Gasteiger charge is -2.11. The molecule has 1 N–H and O–H groups in total. The lowest BCUT2D eigenvalue weighted by Crippen LogP contribution is -2.14. The van der Waals surface area contributed by atoms with Crippen molar-refractivity contribution in [3.05, 3.63) is 70.9 Å². The van der Waals surface area contributed by atoms with E-state index in [1.807, 2.05) is 69.3 Å². The Kier molecular flexibility index (Phi) is 3.63. The summed E-state index contributed by atoms with van der Waals surface area (Å²) in [5, 5.41) is 4.01. The SMILES string of the molecule is Cc1ccc2cccc(NC(=O)c3cccc(C)c3C)c2n1. The molecule has 0 aliphatic carbocycles. The zero-order chi connectivity index (χ0) is 15.7. The van der Waals surface area contributed by atoms with Crippen molar-refractivity contribution < 1.29 is 4.79 Å². The summed E-state index contributed by atoms with van der Waals surface area (Å²) in [6.45, 7) is 5.92. The van der Waals surface area contributed by atoms with Gasteiger partial charge in [0.2, 0.25) is 0 Å². The van der Waals surface area contributed by atoms with Crippen molar-refractivity contribution in [1.82, 2.24) is 4.98 Å². The molecular formula is C19H18N2O. The first-order valence-corrected chi connectivity index (χ1v) is 7.30. The molecular weight excluding hydrogens is 272 g/mol. The van der Waals surface area contributed by atoms with E-state index in [1.54, 1.807) is 0 Å². The van der Waals surface area contributed by atoms with Gasteiger partial charge in [0.25, 0.3) is 5.91 Å². The van der Waals surface area contributed by atoms with Gasteiger partial charge in [0, 0.05) is 16.6 Å². The highest BCUT2D eigenvalue weighted by atomic mass is 16.1. The van der Waals surface area contributed by atoms with Crippen LogP contribution in [-0.2, 0) is 0 Å². The molecule has 3 aromatic rings. The van der Waals surface area contributed by atoms with Gasteiger partial charge in [0.15, 0.2) is 0 Å². The van der Waals surface area contributed by atoms with Crippen LogP contribution in [0, 0.1) is 20.8 Å². The van der Waals surface area contributed by atoms with Crippen LogP contribution in [-0.4, -0.2) is 10.9 Å². The molecule has 0 atom stereocenters. The first kappa shape index (κ1) is 14.3. The minimum absolute atomic E-state index is 0.1000. The van der Waals surface area contributed by atoms with Crippen molar-refractivity contribution in [2.75, 3.05) is 5.32 Å². The van der Waals surface area contributed by atoms with Crippen molar-refractivity contribution in [1.29, 1.82) is 0 Å². The van der Waals surface area contributed by atoms with E-state index in [0.29, 0.717) is 5.56 Å². The zero-order valence-electron chi connectivity index (χ0n) is 13.0. The molecule has 0 bridgehead atoms. The monoisotopic (exact) mass is 290 g/mol. The number of nitrogens with one attached hydrogen (secondary N) is 1. The summed E-state index contributed by atoms with van der Waals surface area (Å²) in [5.41, 5.74) is 5.31. The minimum atomic E-state index is -0.1000. The van der Waals surface area contributed by atoms with Gasteiger partial charge in [-0.3, -0.25) is 9.78 Å². The maximum absolute atomic E-state index is 12.6. The third-order valence-corrected chi connectivity index (χ3v) is 3.96. The molecule has 2 aromatic carbocycles. The number of carbonyl (C=O) groups excluding carboxylic acids is 1. The highest BCUT2D eigenvalue weighted by Crippen LogP contribution is 2.23. The second-order valence-corrected chi connectivity index (χ2v) is 5.53. The molecule has 1 aromatic heterocycles. The normalized spacial score (nSPS) is 10.7. The number of fused-ring (bicyclic) bond motifs is 1. The number of aryl methyl sites for hydroxylation is 2. The molecule has 0 radical (unpaired) electrons. The highest BCUT2D eigenvalue weighted by molar-refractivity contribution is 6.09. The predicted octanol–water partition coefficient (Wildman–Crippen LogP) is 4.41. The van der Waals surface area contributed by atoms with Gasteiger partial charge in [-0.25, -0.2) is 0 Å². The van der Waals surface area contributed by atoms with Crippen molar-refractivity contribution in [3.8, 4) is 0 Å². The quantitative estimate of drug-likeness (QED) is 0.759. The van der Waals surface area contributed by atoms with Crippen LogP contribution < -0.4 is 5.32 Å². The van der Waals surface area contributed by atoms with E-state index in [-0.39, 0.29) is 5.91 Å². The molecule has 3 nitrogen and oxygen atoms in total. The highest BCUT2D eigenvalue weighted by Gasteiger charge is 2.12. The van der Waals surface area contributed by atoms with Crippen LogP contribution >= 0.6 is 0 Å². The zero-order valence-corrected chi connectivity index (χ0v) is 13.0. The van der Waals surface area contributed by atoms with Crippen LogP contribution in [0.3, 0.4) is 0 Å². The molecule has 0 unspecified atom stereocenters. The Hall–Kier alpha value is -2.68. The number of carbonyl (C=O) groups is 1. The van der Waals surface area contributed by atoms with Crippen LogP contribution in [0.2, 0.25) is 0 Å². The Morgan fingerprint density at radius 1 is 0.955 bits per heavy atom. The molecule has 0 aliphatic rings. The van der Waals surface area contributed by atoms with E-state index in [4.69, 9.17) is 0 Å². The number of hydrogen-bond donors (Lipinski definition) is 1. The number of rotatable bonds is 2. The molecule has 22 heavy (non-hydrogen) atoms. The fourth-order valence-corrected chi connectivity index (χ4v) is 2.53. The average molecular weight is 290 g/mol. The molecule has 110 valence electrons. The Labute approximate surface area is 130 Å². The van der Waals surface area contributed by atoms with Gasteiger partial charge in [0.1, 0.15) is 0 Å². The number of anilines is 1. The third-order valence-electron chi connectivity index (χ3n) is 3.96. The number of nitrogens with zero attached hydrogens (tertiary/aromatic N) is 1. The minimum Gasteiger partial charge on any atom is -0.320 e. The van der Waals surface area contributed by atoms with E-state index >= 15 is 0 Å². The van der Waals surface area contributed by atoms with Crippen molar-refractivity contribution in [2.45, 2.75) is 20.8 Å². The van der Waals surface area contributed by atoms with Gasteiger partial charge in [-0.1, -0.05) is 30.3 Å². The molecule has 0 fully saturated rings. The topological polar surface area (TPSA) is 42.0 Å². The number of aromatic nitrogens is 1. The van der Waals surface area contributed by atoms with Crippen LogP contribution in [0.1, 0.15) is 27.2 Å². The third kappa shape index (κ3) is 2.58. The molecule has 1 amide bonds. The van der Waals surface area contributed by atoms with Crippen molar-refractivity contribution in [2.24, 2.45) is 0 Å². The molecule has 0 spiro atoms. The van der Waals surface area contributed by atoms with E-state index in [2.05, 4.69) is 10.3 Å². The van der Waals surface area contributed by atoms with Crippen LogP contribution in [0.4, 0.5) is 5.69 Å². The number of pyridine rings is 1. The van der Waals surface area contributed by atoms with E-state index in [1.165, 1.54) is 0 Å². The molecule has 0 saturated carbocycles. The standard InChI is InChI=1S/C19H18N2O/c1-12-6-4-8-16(14(12)3)19(22)21-17-9-5-7-15-11-10-13(2)20-18(15)17/h4-11H,1-3H3,(H,21,22). The largest absolute Gasteiger partial charge is 0.320 e. The van der Waals surface area contributed by atoms with E-state index in [9.17, 15) is 4.79 Å². The Morgan fingerprint density at radius 3 is 2.55 bits per heavy atom. The fraction of sp³-hybridized carbons (Fsp3) is 0.158. The van der Waals surface area contributed by atoms with Crippen LogP contribution in [0.25, 0.3) is 10.9 Å². The first-order chi connectivity index (χ1) is 10.6. The summed E-state index contributed by atoms with van der Waals surface area (Å²) in [6, 6.07) is 15.6. The van der Waals surface area contributed by atoms with Crippen molar-refractivity contribution in [3.63, 3.8) is 0 Å². The first-order valence-electron chi connectivity index (χ1n) is 7.30. The summed E-state index contributed by atoms with van der Waals surface area (Å²) >= 11 is 0. The smallest absolute Gasteiger partial charge is 0.255 e. The molecule has 1 heterocycles. The number of hydrogen-bond acceptors (Lipinski definition) is 2. The summed E-state index contributed by atoms with van der Waals surface area (Å²) in [4.78, 5) is 17.1. The molecule has 3 heteroatoms. The van der Waals surface area contributed by atoms with Gasteiger partial charge in [-0.05, 0) is 50.1 Å². The van der Waals surface area contributed by atoms with Gasteiger partial charge in [-0.2, -0.15) is 0 Å². The van der Waals surface area contributed by atoms with E-state index in [0.717, 1.165) is 33.4 Å². The Morgan fingerprint density at radius 2 is 1.73 bits per heavy atom. The lowest BCUT2D eigenvalue weighted by molar-refractivity contribution is 0.102. The Bertz CT molecular complexity index is 868. The van der Waals surface area contributed by atoms with Crippen LogP contribution in [0.5, 0.6) is 0 Å². The van der Waals surface area contributed by atoms with Crippen LogP contribution in [0.15, 0.2) is 48.5 Å². The van der Waals surface area contributed by atoms with Gasteiger partial charge < -0.3 is 5.32 Å². The molecule has 0 aliphatic heterocycles. The fourth-order valence-electron chi connectivity index (χ4n) is 2.53. The van der Waals surface area contributed by atoms with Crippen molar-refractivity contribution >= 4 is 22.5 Å². The maximum Gasteiger partial charge on any atom is 0.255 e. The number of para-hydroxylation sites is 1. The Balaban J connectivity index is 2.01. The number of amides is 1. The maximum atomic E-state index is 12.6. The molecule has 3 rings (SSSR count). The molecule has 0 saturated heterocycles. The number of benzene rings is 2. The van der Waals surface area contributed by atoms with Gasteiger partial charge >= 0.3 is 0 Å². The second-order valence-electron chi connectivity index (χ2n) is 5.53. The lowest BCUT2D eigenvalue weighted by atomic mass is 10.0. The summed E-state index contributed by atoms with van der Waals surface area (Å²) < 4.78 is 0. The van der Waals surface area contributed by atoms with E-state index < -0.39 is 0 Å². The second kappa shape index (κ2) is 5.60.